The third kappa shape index (κ3) is 57.6. The van der Waals surface area contributed by atoms with E-state index in [1.165, 1.54) is 295 Å². The van der Waals surface area contributed by atoms with E-state index in [-0.39, 0.29) is 18.5 Å². The Morgan fingerprint density at radius 3 is 0.986 bits per heavy atom. The van der Waals surface area contributed by atoms with Crippen LogP contribution in [-0.4, -0.2) is 47.4 Å². The van der Waals surface area contributed by atoms with Crippen LogP contribution < -0.4 is 5.32 Å². The molecule has 426 valence electrons. The number of rotatable bonds is 61. The second-order valence-electron chi connectivity index (χ2n) is 22.5. The molecule has 0 aliphatic carbocycles. The van der Waals surface area contributed by atoms with Crippen LogP contribution in [0.15, 0.2) is 24.3 Å². The normalized spacial score (nSPS) is 12.7. The number of nitrogens with one attached hydrogen (secondary N) is 1. The zero-order chi connectivity index (χ0) is 52.2. The van der Waals surface area contributed by atoms with Crippen molar-refractivity contribution in [2.24, 2.45) is 0 Å². The van der Waals surface area contributed by atoms with E-state index < -0.39 is 12.1 Å². The van der Waals surface area contributed by atoms with Gasteiger partial charge in [0.2, 0.25) is 5.91 Å². The Morgan fingerprint density at radius 2 is 0.653 bits per heavy atom. The third-order valence-electron chi connectivity index (χ3n) is 15.2. The fourth-order valence-corrected chi connectivity index (χ4v) is 10.2. The van der Waals surface area contributed by atoms with Crippen LogP contribution >= 0.6 is 0 Å². The first kappa shape index (κ1) is 70.3. The minimum Gasteiger partial charge on any atom is -0.466 e. The van der Waals surface area contributed by atoms with Gasteiger partial charge >= 0.3 is 5.97 Å². The molecule has 3 N–H and O–H groups in total. The average molecular weight is 1010 g/mol. The van der Waals surface area contributed by atoms with Crippen LogP contribution in [0.5, 0.6) is 0 Å². The number of amides is 1. The van der Waals surface area contributed by atoms with Gasteiger partial charge in [0, 0.05) is 12.8 Å². The first-order valence-electron chi connectivity index (χ1n) is 32.6. The molecule has 2 unspecified atom stereocenters. The molecule has 0 aliphatic rings. The van der Waals surface area contributed by atoms with E-state index in [1.807, 2.05) is 6.08 Å². The summed E-state index contributed by atoms with van der Waals surface area (Å²) in [6.45, 7) is 4.92. The van der Waals surface area contributed by atoms with Crippen LogP contribution in [-0.2, 0) is 14.3 Å². The van der Waals surface area contributed by atoms with Gasteiger partial charge in [0.15, 0.2) is 0 Å². The van der Waals surface area contributed by atoms with E-state index >= 15 is 0 Å². The van der Waals surface area contributed by atoms with Crippen molar-refractivity contribution in [2.75, 3.05) is 13.2 Å². The molecular formula is C66H127NO5. The summed E-state index contributed by atoms with van der Waals surface area (Å²) in [6.07, 6.45) is 76.7. The maximum absolute atomic E-state index is 12.4. The van der Waals surface area contributed by atoms with E-state index in [1.54, 1.807) is 6.08 Å². The topological polar surface area (TPSA) is 95.9 Å². The zero-order valence-corrected chi connectivity index (χ0v) is 48.7. The average Bonchev–Trinajstić information content (AvgIpc) is 3.38. The Kier molecular flexibility index (Phi) is 60.5. The van der Waals surface area contributed by atoms with Gasteiger partial charge < -0.3 is 20.3 Å². The van der Waals surface area contributed by atoms with Crippen LogP contribution in [0.3, 0.4) is 0 Å². The lowest BCUT2D eigenvalue weighted by molar-refractivity contribution is -0.143. The summed E-state index contributed by atoms with van der Waals surface area (Å²) in [5, 5.41) is 23.1. The monoisotopic (exact) mass is 1010 g/mol. The number of aliphatic hydroxyl groups is 2. The van der Waals surface area contributed by atoms with Crippen molar-refractivity contribution in [1.82, 2.24) is 5.32 Å². The summed E-state index contributed by atoms with van der Waals surface area (Å²) in [5.74, 6) is -0.0528. The van der Waals surface area contributed by atoms with Crippen molar-refractivity contribution < 1.29 is 24.5 Å². The van der Waals surface area contributed by atoms with Crippen molar-refractivity contribution in [3.63, 3.8) is 0 Å². The first-order chi connectivity index (χ1) is 35.5. The number of carbonyl (C=O) groups is 2. The quantitative estimate of drug-likeness (QED) is 0.0320. The molecule has 0 saturated heterocycles. The van der Waals surface area contributed by atoms with Crippen molar-refractivity contribution in [3.05, 3.63) is 24.3 Å². The van der Waals surface area contributed by atoms with Gasteiger partial charge in [-0.2, -0.15) is 0 Å². The molecule has 72 heavy (non-hydrogen) atoms. The van der Waals surface area contributed by atoms with E-state index in [2.05, 4.69) is 31.3 Å². The van der Waals surface area contributed by atoms with Crippen LogP contribution in [0, 0.1) is 0 Å². The Balaban J connectivity index is 3.37. The number of unbranched alkanes of at least 4 members (excludes halogenated alkanes) is 48. The Bertz CT molecular complexity index is 1120. The lowest BCUT2D eigenvalue weighted by atomic mass is 10.0. The number of esters is 1. The molecule has 6 heteroatoms. The fourth-order valence-electron chi connectivity index (χ4n) is 10.2. The second kappa shape index (κ2) is 61.9. The molecule has 0 aromatic rings. The van der Waals surface area contributed by atoms with Gasteiger partial charge in [-0.25, -0.2) is 0 Å². The molecule has 0 aliphatic heterocycles. The lowest BCUT2D eigenvalue weighted by Crippen LogP contribution is -2.45. The van der Waals surface area contributed by atoms with Crippen LogP contribution in [0.4, 0.5) is 0 Å². The number of allylic oxidation sites excluding steroid dienone is 3. The highest BCUT2D eigenvalue weighted by atomic mass is 16.5. The summed E-state index contributed by atoms with van der Waals surface area (Å²) < 4.78 is 5.50. The van der Waals surface area contributed by atoms with Crippen molar-refractivity contribution in [3.8, 4) is 0 Å². The van der Waals surface area contributed by atoms with E-state index in [0.29, 0.717) is 19.4 Å². The Labute approximate surface area is 450 Å². The highest BCUT2D eigenvalue weighted by Crippen LogP contribution is 2.18. The van der Waals surface area contributed by atoms with Gasteiger partial charge in [-0.1, -0.05) is 314 Å². The predicted molar refractivity (Wildman–Crippen MR) is 315 cm³/mol. The van der Waals surface area contributed by atoms with Crippen LogP contribution in [0.25, 0.3) is 0 Å². The summed E-state index contributed by atoms with van der Waals surface area (Å²) in [6, 6.07) is -0.629. The number of carbonyl (C=O) groups excluding carboxylic acids is 2. The largest absolute Gasteiger partial charge is 0.466 e. The lowest BCUT2D eigenvalue weighted by Gasteiger charge is -2.20. The van der Waals surface area contributed by atoms with Crippen LogP contribution in [0.2, 0.25) is 0 Å². The van der Waals surface area contributed by atoms with Crippen molar-refractivity contribution in [2.45, 2.75) is 373 Å². The number of hydrogen-bond acceptors (Lipinski definition) is 5. The maximum Gasteiger partial charge on any atom is 0.305 e. The summed E-state index contributed by atoms with van der Waals surface area (Å²) in [5.41, 5.74) is 0. The third-order valence-corrected chi connectivity index (χ3v) is 15.2. The highest BCUT2D eigenvalue weighted by molar-refractivity contribution is 5.76. The standard InChI is InChI=1S/C66H127NO5/c1-3-5-7-9-11-13-15-17-18-19-30-33-36-40-44-48-52-56-60-66(71)72-61-57-53-49-45-41-37-34-31-28-26-24-22-20-21-23-25-27-29-32-35-39-43-47-51-55-59-65(70)67-63(62-68)64(69)58-54-50-46-42-38-16-14-12-10-8-6-4-2/h21,23,54,58,63-64,68-69H,3-20,22,24-53,55-57,59-62H2,1-2H3,(H,67,70)/b23-21-,58-54+. The molecule has 0 heterocycles. The molecule has 6 nitrogen and oxygen atoms in total. The molecule has 0 bridgehead atoms. The van der Waals surface area contributed by atoms with E-state index in [4.69, 9.17) is 4.74 Å². The molecule has 0 aromatic carbocycles. The molecule has 0 aromatic heterocycles. The number of aliphatic hydroxyl groups excluding tert-OH is 2. The number of hydrogen-bond donors (Lipinski definition) is 3. The predicted octanol–water partition coefficient (Wildman–Crippen LogP) is 20.6. The second-order valence-corrected chi connectivity index (χ2v) is 22.5. The molecule has 0 radical (unpaired) electrons. The van der Waals surface area contributed by atoms with Gasteiger partial charge in [0.1, 0.15) is 0 Å². The van der Waals surface area contributed by atoms with Gasteiger partial charge in [-0.15, -0.1) is 0 Å². The van der Waals surface area contributed by atoms with Gasteiger partial charge in [-0.3, -0.25) is 9.59 Å². The first-order valence-corrected chi connectivity index (χ1v) is 32.6. The molecule has 0 rings (SSSR count). The summed E-state index contributed by atoms with van der Waals surface area (Å²) >= 11 is 0. The van der Waals surface area contributed by atoms with Crippen molar-refractivity contribution in [1.29, 1.82) is 0 Å². The summed E-state index contributed by atoms with van der Waals surface area (Å²) in [4.78, 5) is 24.5. The minimum atomic E-state index is -0.845. The molecule has 0 fully saturated rings. The van der Waals surface area contributed by atoms with Gasteiger partial charge in [-0.05, 0) is 57.8 Å². The highest BCUT2D eigenvalue weighted by Gasteiger charge is 2.18. The Hall–Kier alpha value is -1.66. The van der Waals surface area contributed by atoms with Gasteiger partial charge in [0.05, 0.1) is 25.4 Å². The molecule has 1 amide bonds. The maximum atomic E-state index is 12.4. The summed E-state index contributed by atoms with van der Waals surface area (Å²) in [7, 11) is 0. The SMILES string of the molecule is CCCCCCCCCCCC/C=C/C(O)C(CO)NC(=O)CCCCCCCCCCC/C=C\CCCCCCCCCCCCCCOC(=O)CCCCCCCCCCCCCCCCCCCC. The number of ether oxygens (including phenoxy) is 1. The molecule has 2 atom stereocenters. The smallest absolute Gasteiger partial charge is 0.305 e. The molecule has 0 saturated carbocycles. The van der Waals surface area contributed by atoms with Crippen molar-refractivity contribution >= 4 is 11.9 Å². The fraction of sp³-hybridized carbons (Fsp3) is 0.909. The zero-order valence-electron chi connectivity index (χ0n) is 48.7. The van der Waals surface area contributed by atoms with E-state index in [0.717, 1.165) is 38.5 Å². The van der Waals surface area contributed by atoms with Crippen LogP contribution in [0.1, 0.15) is 361 Å². The molecule has 0 spiro atoms. The van der Waals surface area contributed by atoms with E-state index in [9.17, 15) is 19.8 Å². The minimum absolute atomic E-state index is 0.0178. The molecular weight excluding hydrogens is 887 g/mol. The Morgan fingerprint density at radius 1 is 0.375 bits per heavy atom. The van der Waals surface area contributed by atoms with Gasteiger partial charge in [0.25, 0.3) is 0 Å².